The molecular formula is C13H16O. The molecule has 3 aliphatic carbocycles. The van der Waals surface area contributed by atoms with Crippen LogP contribution in [0.4, 0.5) is 0 Å². The molecule has 0 saturated heterocycles. The molecule has 0 unspecified atom stereocenters. The monoisotopic (exact) mass is 188 g/mol. The van der Waals surface area contributed by atoms with E-state index >= 15 is 0 Å². The summed E-state index contributed by atoms with van der Waals surface area (Å²) in [6, 6.07) is 2.23. The maximum absolute atomic E-state index is 5.84. The Morgan fingerprint density at radius 3 is 2.86 bits per heavy atom. The van der Waals surface area contributed by atoms with Crippen LogP contribution in [0.15, 0.2) is 22.6 Å². The summed E-state index contributed by atoms with van der Waals surface area (Å²) in [7, 11) is 0. The Morgan fingerprint density at radius 1 is 1.29 bits per heavy atom. The van der Waals surface area contributed by atoms with Gasteiger partial charge >= 0.3 is 0 Å². The molecule has 0 amide bonds. The summed E-state index contributed by atoms with van der Waals surface area (Å²) in [6.07, 6.45) is 7.40. The second-order valence-corrected chi connectivity index (χ2v) is 4.70. The molecule has 0 spiro atoms. The first kappa shape index (κ1) is 8.34. The minimum absolute atomic E-state index is 0.572. The zero-order valence-electron chi connectivity index (χ0n) is 8.79. The minimum Gasteiger partial charge on any atom is -0.466 e. The molecule has 1 heteroatoms. The van der Waals surface area contributed by atoms with E-state index in [1.165, 1.54) is 24.2 Å². The maximum atomic E-state index is 5.84. The van der Waals surface area contributed by atoms with Gasteiger partial charge in [-0.2, -0.15) is 0 Å². The number of rotatable bonds is 0. The van der Waals surface area contributed by atoms with Gasteiger partial charge in [0, 0.05) is 17.4 Å². The van der Waals surface area contributed by atoms with Crippen LogP contribution in [0.1, 0.15) is 48.7 Å². The van der Waals surface area contributed by atoms with Gasteiger partial charge in [0.05, 0.1) is 0 Å². The molecule has 0 fully saturated rings. The maximum Gasteiger partial charge on any atom is 0.111 e. The van der Waals surface area contributed by atoms with Gasteiger partial charge in [-0.25, -0.2) is 0 Å². The van der Waals surface area contributed by atoms with Gasteiger partial charge in [-0.3, -0.25) is 0 Å². The molecule has 2 bridgehead atoms. The number of fused-ring (bicyclic) bond motifs is 1. The molecule has 0 saturated carbocycles. The highest BCUT2D eigenvalue weighted by molar-refractivity contribution is 5.36. The standard InChI is InChI=1S/C13H16O/c1-8-7-12-11-5-3-10(4-6-11)9(2)13(12)14-8/h3,5,7,9-11H,4,6H2,1-2H3/t9-,10+,11-/m1/s1. The van der Waals surface area contributed by atoms with Gasteiger partial charge in [0.25, 0.3) is 0 Å². The van der Waals surface area contributed by atoms with Gasteiger partial charge in [0.2, 0.25) is 0 Å². The molecule has 0 radical (unpaired) electrons. The fourth-order valence-electron chi connectivity index (χ4n) is 2.91. The van der Waals surface area contributed by atoms with E-state index < -0.39 is 0 Å². The summed E-state index contributed by atoms with van der Waals surface area (Å²) in [5.74, 6) is 4.23. The molecule has 1 nitrogen and oxygen atoms in total. The van der Waals surface area contributed by atoms with Gasteiger partial charge in [-0.1, -0.05) is 19.1 Å². The second-order valence-electron chi connectivity index (χ2n) is 4.70. The van der Waals surface area contributed by atoms with Crippen molar-refractivity contribution in [1.29, 1.82) is 0 Å². The van der Waals surface area contributed by atoms with Crippen LogP contribution in [0, 0.1) is 12.8 Å². The van der Waals surface area contributed by atoms with Gasteiger partial charge in [-0.05, 0) is 31.7 Å². The van der Waals surface area contributed by atoms with E-state index in [-0.39, 0.29) is 0 Å². The molecule has 0 aliphatic heterocycles. The van der Waals surface area contributed by atoms with Gasteiger partial charge in [-0.15, -0.1) is 0 Å². The first-order valence-electron chi connectivity index (χ1n) is 5.54. The van der Waals surface area contributed by atoms with E-state index in [4.69, 9.17) is 4.42 Å². The summed E-state index contributed by atoms with van der Waals surface area (Å²) < 4.78 is 5.84. The Morgan fingerprint density at radius 2 is 2.14 bits per heavy atom. The Bertz CT molecular complexity index is 386. The number of hydrogen-bond donors (Lipinski definition) is 0. The molecule has 74 valence electrons. The third-order valence-electron chi connectivity index (χ3n) is 3.77. The van der Waals surface area contributed by atoms with Crippen molar-refractivity contribution >= 4 is 0 Å². The Hall–Kier alpha value is -0.980. The molecule has 1 aromatic rings. The first-order chi connectivity index (χ1) is 6.75. The van der Waals surface area contributed by atoms with Crippen LogP contribution in [-0.2, 0) is 0 Å². The summed E-state index contributed by atoms with van der Waals surface area (Å²) >= 11 is 0. The fraction of sp³-hybridized carbons (Fsp3) is 0.538. The molecule has 1 heterocycles. The van der Waals surface area contributed by atoms with E-state index in [9.17, 15) is 0 Å². The predicted molar refractivity (Wildman–Crippen MR) is 56.5 cm³/mol. The quantitative estimate of drug-likeness (QED) is 0.565. The Labute approximate surface area is 84.8 Å². The van der Waals surface area contributed by atoms with E-state index in [1.807, 2.05) is 0 Å². The van der Waals surface area contributed by atoms with Crippen LogP contribution in [0.2, 0.25) is 0 Å². The van der Waals surface area contributed by atoms with Crippen LogP contribution in [0.5, 0.6) is 0 Å². The lowest BCUT2D eigenvalue weighted by Crippen LogP contribution is -2.07. The second kappa shape index (κ2) is 2.75. The normalized spacial score (nSPS) is 34.3. The molecule has 4 rings (SSSR count). The molecule has 14 heavy (non-hydrogen) atoms. The van der Waals surface area contributed by atoms with E-state index in [1.54, 1.807) is 0 Å². The Balaban J connectivity index is 2.19. The van der Waals surface area contributed by atoms with Crippen LogP contribution < -0.4 is 0 Å². The van der Waals surface area contributed by atoms with Crippen LogP contribution in [-0.4, -0.2) is 0 Å². The van der Waals surface area contributed by atoms with Crippen molar-refractivity contribution in [3.05, 3.63) is 35.3 Å². The fourth-order valence-corrected chi connectivity index (χ4v) is 2.91. The molecule has 1 aromatic heterocycles. The average molecular weight is 188 g/mol. The SMILES string of the molecule is Cc1cc2c(o1)[C@H](C)[C@H]1C=C[C@@H]2CC1. The van der Waals surface area contributed by atoms with Crippen molar-refractivity contribution in [1.82, 2.24) is 0 Å². The highest BCUT2D eigenvalue weighted by atomic mass is 16.3. The first-order valence-corrected chi connectivity index (χ1v) is 5.54. The summed E-state index contributed by atoms with van der Waals surface area (Å²) in [4.78, 5) is 0. The number of aryl methyl sites for hydroxylation is 1. The molecule has 0 aromatic carbocycles. The molecule has 3 aliphatic rings. The van der Waals surface area contributed by atoms with Crippen LogP contribution >= 0.6 is 0 Å². The number of hydrogen-bond acceptors (Lipinski definition) is 1. The van der Waals surface area contributed by atoms with Crippen molar-refractivity contribution in [2.45, 2.75) is 38.5 Å². The van der Waals surface area contributed by atoms with Gasteiger partial charge in [0.15, 0.2) is 0 Å². The molecular weight excluding hydrogens is 172 g/mol. The van der Waals surface area contributed by atoms with Gasteiger partial charge in [0.1, 0.15) is 11.5 Å². The lowest BCUT2D eigenvalue weighted by Gasteiger charge is -2.19. The van der Waals surface area contributed by atoms with Gasteiger partial charge < -0.3 is 4.42 Å². The van der Waals surface area contributed by atoms with Crippen LogP contribution in [0.25, 0.3) is 0 Å². The van der Waals surface area contributed by atoms with E-state index in [2.05, 4.69) is 32.1 Å². The molecule has 0 N–H and O–H groups in total. The van der Waals surface area contributed by atoms with Crippen molar-refractivity contribution in [2.75, 3.05) is 0 Å². The summed E-state index contributed by atoms with van der Waals surface area (Å²) in [6.45, 7) is 4.35. The third-order valence-corrected chi connectivity index (χ3v) is 3.77. The Kier molecular flexibility index (Phi) is 1.64. The zero-order chi connectivity index (χ0) is 9.71. The predicted octanol–water partition coefficient (Wildman–Crippen LogP) is 3.75. The average Bonchev–Trinajstić information content (AvgIpc) is 2.51. The van der Waals surface area contributed by atoms with Crippen LogP contribution in [0.3, 0.4) is 0 Å². The largest absolute Gasteiger partial charge is 0.466 e. The number of furan rings is 1. The van der Waals surface area contributed by atoms with Crippen molar-refractivity contribution in [2.24, 2.45) is 5.92 Å². The zero-order valence-corrected chi connectivity index (χ0v) is 8.79. The lowest BCUT2D eigenvalue weighted by molar-refractivity contribution is 0.396. The topological polar surface area (TPSA) is 13.1 Å². The van der Waals surface area contributed by atoms with Crippen molar-refractivity contribution in [3.8, 4) is 0 Å². The molecule has 3 atom stereocenters. The van der Waals surface area contributed by atoms with Crippen molar-refractivity contribution < 1.29 is 4.42 Å². The van der Waals surface area contributed by atoms with Crippen molar-refractivity contribution in [3.63, 3.8) is 0 Å². The van der Waals surface area contributed by atoms with E-state index in [0.29, 0.717) is 17.8 Å². The number of allylic oxidation sites excluding steroid dienone is 2. The summed E-state index contributed by atoms with van der Waals surface area (Å²) in [5.41, 5.74) is 1.45. The lowest BCUT2D eigenvalue weighted by atomic mass is 9.86. The summed E-state index contributed by atoms with van der Waals surface area (Å²) in [5, 5.41) is 0. The highest BCUT2D eigenvalue weighted by Crippen LogP contribution is 2.45. The highest BCUT2D eigenvalue weighted by Gasteiger charge is 2.33. The van der Waals surface area contributed by atoms with E-state index in [0.717, 1.165) is 5.76 Å². The minimum atomic E-state index is 0.572. The smallest absolute Gasteiger partial charge is 0.111 e. The third kappa shape index (κ3) is 1.01.